The van der Waals surface area contributed by atoms with Gasteiger partial charge in [-0.15, -0.1) is 0 Å². The van der Waals surface area contributed by atoms with E-state index in [2.05, 4.69) is 42.1 Å². The summed E-state index contributed by atoms with van der Waals surface area (Å²) in [6, 6.07) is 6.31. The van der Waals surface area contributed by atoms with E-state index in [0.29, 0.717) is 0 Å². The van der Waals surface area contributed by atoms with Gasteiger partial charge in [-0.2, -0.15) is 0 Å². The Kier molecular flexibility index (Phi) is 22.5. The van der Waals surface area contributed by atoms with Crippen molar-refractivity contribution >= 4 is 34.8 Å². The van der Waals surface area contributed by atoms with Crippen LogP contribution in [0.15, 0.2) is 30.6 Å². The fraction of sp³-hybridized carbons (Fsp3) is 0.800. The van der Waals surface area contributed by atoms with E-state index in [1.165, 1.54) is 110 Å². The lowest BCUT2D eigenvalue weighted by Gasteiger charge is -2.25. The van der Waals surface area contributed by atoms with Gasteiger partial charge in [-0.3, -0.25) is 0 Å². The third-order valence-electron chi connectivity index (χ3n) is 5.24. The Hall–Kier alpha value is 0.270. The van der Waals surface area contributed by atoms with Gasteiger partial charge in [0.25, 0.3) is 0 Å². The van der Waals surface area contributed by atoms with Crippen molar-refractivity contribution in [2.75, 3.05) is 0 Å². The maximum atomic E-state index is 8.96. The molecular formula is C25H45Cl4NO. The number of rotatable bonds is 15. The molecular weight excluding hydrogens is 472 g/mol. The van der Waals surface area contributed by atoms with Gasteiger partial charge in [0.05, 0.1) is 0 Å². The maximum absolute atomic E-state index is 8.96. The number of aryl methyl sites for hydroxylation is 1. The van der Waals surface area contributed by atoms with Gasteiger partial charge >= 0.3 is 0 Å². The molecule has 0 radical (unpaired) electrons. The number of pyridine rings is 1. The predicted octanol–water partition coefficient (Wildman–Crippen LogP) is 5.59. The highest BCUT2D eigenvalue weighted by atomic mass is 35.6. The molecule has 184 valence electrons. The van der Waals surface area contributed by atoms with E-state index >= 15 is 0 Å². The van der Waals surface area contributed by atoms with Gasteiger partial charge < -0.3 is 17.5 Å². The average molecular weight is 517 g/mol. The number of unbranched alkanes of at least 4 members (excludes halogenated alkanes) is 13. The third kappa shape index (κ3) is 21.9. The Balaban J connectivity index is 0. The summed E-state index contributed by atoms with van der Waals surface area (Å²) in [5.41, 5.74) is -1.27. The Bertz CT molecular complexity index is 475. The lowest BCUT2D eigenvalue weighted by atomic mass is 10.0. The van der Waals surface area contributed by atoms with Gasteiger partial charge in [-0.05, 0) is 20.3 Å². The lowest BCUT2D eigenvalue weighted by molar-refractivity contribution is -0.697. The Labute approximate surface area is 213 Å². The largest absolute Gasteiger partial charge is 1.00 e. The highest BCUT2D eigenvalue weighted by molar-refractivity contribution is 6.68. The molecule has 0 aliphatic heterocycles. The topological polar surface area (TPSA) is 24.1 Å². The van der Waals surface area contributed by atoms with Crippen molar-refractivity contribution in [3.8, 4) is 0 Å². The van der Waals surface area contributed by atoms with Crippen LogP contribution in [0.3, 0.4) is 0 Å². The van der Waals surface area contributed by atoms with Crippen LogP contribution in [0.5, 0.6) is 0 Å². The van der Waals surface area contributed by atoms with E-state index in [0.717, 1.165) is 0 Å². The van der Waals surface area contributed by atoms with Crippen LogP contribution in [0.2, 0.25) is 0 Å². The first-order valence-electron chi connectivity index (χ1n) is 11.9. The summed E-state index contributed by atoms with van der Waals surface area (Å²) in [5.74, 6) is 0. The quantitative estimate of drug-likeness (QED) is 0.183. The molecule has 2 nitrogen and oxygen atoms in total. The monoisotopic (exact) mass is 515 g/mol. The first kappa shape index (κ1) is 33.4. The van der Waals surface area contributed by atoms with Gasteiger partial charge in [-0.25, -0.2) is 4.57 Å². The summed E-state index contributed by atoms with van der Waals surface area (Å²) in [6.07, 6.45) is 24.4. The van der Waals surface area contributed by atoms with E-state index in [1.54, 1.807) is 0 Å². The van der Waals surface area contributed by atoms with Crippen molar-refractivity contribution < 1.29 is 22.1 Å². The average Bonchev–Trinajstić information content (AvgIpc) is 2.68. The molecule has 0 unspecified atom stereocenters. The lowest BCUT2D eigenvalue weighted by Crippen LogP contribution is -3.00. The van der Waals surface area contributed by atoms with Crippen molar-refractivity contribution in [1.29, 1.82) is 0 Å². The molecule has 6 heteroatoms. The minimum atomic E-state index is -1.59. The highest BCUT2D eigenvalue weighted by Crippen LogP contribution is 2.37. The first-order valence-corrected chi connectivity index (χ1v) is 13.0. The third-order valence-corrected chi connectivity index (χ3v) is 6.63. The van der Waals surface area contributed by atoms with Crippen LogP contribution in [0.1, 0.15) is 111 Å². The summed E-state index contributed by atoms with van der Waals surface area (Å²) in [7, 11) is 0. The van der Waals surface area contributed by atoms with Crippen LogP contribution in [0.25, 0.3) is 0 Å². The summed E-state index contributed by atoms with van der Waals surface area (Å²) >= 11 is 15.9. The minimum absolute atomic E-state index is 0. The van der Waals surface area contributed by atoms with Gasteiger partial charge in [0, 0.05) is 18.6 Å². The van der Waals surface area contributed by atoms with Crippen LogP contribution in [0.4, 0.5) is 0 Å². The van der Waals surface area contributed by atoms with Crippen LogP contribution in [0, 0.1) is 0 Å². The van der Waals surface area contributed by atoms with Crippen LogP contribution < -0.4 is 17.0 Å². The van der Waals surface area contributed by atoms with Gasteiger partial charge in [0.15, 0.2) is 12.4 Å². The SMILES string of the molecule is CC(C)(O)C(Cl)(Cl)Cl.CCCCCCCCCCCCCCCC[n+]1ccccc1.[Cl-]. The van der Waals surface area contributed by atoms with Crippen molar-refractivity contribution in [2.24, 2.45) is 0 Å². The van der Waals surface area contributed by atoms with E-state index in [1.807, 2.05) is 0 Å². The second kappa shape index (κ2) is 20.8. The zero-order valence-electron chi connectivity index (χ0n) is 19.9. The van der Waals surface area contributed by atoms with Crippen LogP contribution in [-0.2, 0) is 6.54 Å². The molecule has 0 bridgehead atoms. The zero-order chi connectivity index (χ0) is 22.7. The molecule has 0 saturated carbocycles. The summed E-state index contributed by atoms with van der Waals surface area (Å²) in [4.78, 5) is 0. The molecule has 0 aliphatic rings. The Morgan fingerprint density at radius 2 is 0.968 bits per heavy atom. The van der Waals surface area contributed by atoms with Gasteiger partial charge in [-0.1, -0.05) is 125 Å². The minimum Gasteiger partial charge on any atom is -1.00 e. The smallest absolute Gasteiger partial charge is 0.218 e. The Morgan fingerprint density at radius 3 is 1.29 bits per heavy atom. The zero-order valence-corrected chi connectivity index (χ0v) is 22.9. The molecule has 31 heavy (non-hydrogen) atoms. The number of alkyl halides is 3. The molecule has 1 rings (SSSR count). The number of aliphatic hydroxyl groups is 1. The molecule has 1 heterocycles. The van der Waals surface area contributed by atoms with E-state index in [-0.39, 0.29) is 12.4 Å². The molecule has 0 saturated heterocycles. The van der Waals surface area contributed by atoms with E-state index in [9.17, 15) is 0 Å². The van der Waals surface area contributed by atoms with E-state index in [4.69, 9.17) is 39.9 Å². The molecule has 0 atom stereocenters. The fourth-order valence-corrected chi connectivity index (χ4v) is 3.07. The molecule has 1 aromatic rings. The van der Waals surface area contributed by atoms with Gasteiger partial charge in [0.2, 0.25) is 3.79 Å². The Morgan fingerprint density at radius 1 is 0.645 bits per heavy atom. The summed E-state index contributed by atoms with van der Waals surface area (Å²) in [6.45, 7) is 6.33. The summed E-state index contributed by atoms with van der Waals surface area (Å²) < 4.78 is 0.702. The molecule has 0 fully saturated rings. The number of hydrogen-bond donors (Lipinski definition) is 1. The number of halogens is 4. The second-order valence-corrected chi connectivity index (χ2v) is 11.0. The molecule has 0 amide bonds. The highest BCUT2D eigenvalue weighted by Gasteiger charge is 2.38. The number of aromatic nitrogens is 1. The van der Waals surface area contributed by atoms with Gasteiger partial charge in [0.1, 0.15) is 12.1 Å². The van der Waals surface area contributed by atoms with Crippen molar-refractivity contribution in [3.63, 3.8) is 0 Å². The molecule has 0 spiro atoms. The molecule has 0 aromatic carbocycles. The van der Waals surface area contributed by atoms with Crippen LogP contribution in [-0.4, -0.2) is 14.5 Å². The fourth-order valence-electron chi connectivity index (χ4n) is 3.07. The first-order chi connectivity index (χ1) is 14.2. The van der Waals surface area contributed by atoms with E-state index < -0.39 is 9.39 Å². The normalized spacial score (nSPS) is 11.5. The predicted molar refractivity (Wildman–Crippen MR) is 134 cm³/mol. The summed E-state index contributed by atoms with van der Waals surface area (Å²) in [5, 5.41) is 8.96. The maximum Gasteiger partial charge on any atom is 0.218 e. The number of nitrogens with zero attached hydrogens (tertiary/aromatic N) is 1. The molecule has 0 aliphatic carbocycles. The standard InChI is InChI=1S/C21H38N.C4H7Cl3O.ClH/c1-2-3-4-5-6-7-8-9-10-11-12-13-14-16-19-22-20-17-15-18-21-22;1-3(2,8)4(5,6)7;/h15,17-18,20-21H,2-14,16,19H2,1H3;8H,1-2H3;1H/q+1;;/p-1. The van der Waals surface area contributed by atoms with Crippen molar-refractivity contribution in [3.05, 3.63) is 30.6 Å². The molecule has 1 aromatic heterocycles. The van der Waals surface area contributed by atoms with Crippen molar-refractivity contribution in [1.82, 2.24) is 0 Å². The second-order valence-electron chi connectivity index (χ2n) is 8.77. The van der Waals surface area contributed by atoms with Crippen molar-refractivity contribution in [2.45, 2.75) is 127 Å². The molecule has 1 N–H and O–H groups in total. The number of hydrogen-bond acceptors (Lipinski definition) is 1. The van der Waals surface area contributed by atoms with Crippen LogP contribution >= 0.6 is 34.8 Å².